The van der Waals surface area contributed by atoms with Crippen LogP contribution in [0, 0.1) is 0 Å². The maximum Gasteiger partial charge on any atom is 0.270 e. The van der Waals surface area contributed by atoms with E-state index in [-0.39, 0.29) is 18.4 Å². The van der Waals surface area contributed by atoms with Crippen molar-refractivity contribution in [2.75, 3.05) is 0 Å². The number of ether oxygens (including phenoxy) is 1. The first-order valence-corrected chi connectivity index (χ1v) is 7.30. The Bertz CT molecular complexity index is 727. The molecule has 0 bridgehead atoms. The summed E-state index contributed by atoms with van der Waals surface area (Å²) in [5, 5.41) is 0.610. The molecule has 4 nitrogen and oxygen atoms in total. The number of nitrogens with zero attached hydrogens (tertiary/aromatic N) is 1. The predicted octanol–water partition coefficient (Wildman–Crippen LogP) is 3.29. The normalized spacial score (nSPS) is 17.7. The number of carbonyl (C=O) groups is 2. The van der Waals surface area contributed by atoms with E-state index in [0.29, 0.717) is 16.3 Å². The van der Waals surface area contributed by atoms with E-state index >= 15 is 0 Å². The first-order valence-electron chi connectivity index (χ1n) is 6.92. The number of carbonyl (C=O) groups excluding carboxylic acids is 2. The Labute approximate surface area is 133 Å². The number of benzene rings is 2. The highest BCUT2D eigenvalue weighted by atomic mass is 35.5. The molecule has 2 aromatic carbocycles. The van der Waals surface area contributed by atoms with Crippen molar-refractivity contribution in [1.29, 1.82) is 0 Å². The highest BCUT2D eigenvalue weighted by Gasteiger charge is 2.33. The molecule has 3 rings (SSSR count). The summed E-state index contributed by atoms with van der Waals surface area (Å²) < 4.78 is 5.59. The first-order chi connectivity index (χ1) is 10.6. The van der Waals surface area contributed by atoms with E-state index in [4.69, 9.17) is 16.3 Å². The third-order valence-corrected chi connectivity index (χ3v) is 3.79. The van der Waals surface area contributed by atoms with Crippen LogP contribution in [0.3, 0.4) is 0 Å². The van der Waals surface area contributed by atoms with Gasteiger partial charge in [-0.05, 0) is 36.8 Å². The molecule has 22 heavy (non-hydrogen) atoms. The fraction of sp³-hybridized carbons (Fsp3) is 0.176. The molecule has 0 aromatic heterocycles. The van der Waals surface area contributed by atoms with E-state index in [0.717, 1.165) is 5.56 Å². The average Bonchev–Trinajstić information content (AvgIpc) is 2.61. The number of amides is 2. The molecule has 0 unspecified atom stereocenters. The number of para-hydroxylation sites is 1. The van der Waals surface area contributed by atoms with Crippen molar-refractivity contribution in [3.05, 3.63) is 64.7 Å². The Morgan fingerprint density at radius 2 is 1.77 bits per heavy atom. The standard InChI is InChI=1S/C17H14ClNO3/c1-11-16(20)19(10-12-6-8-13(18)9-7-12)17(21)14-4-2-3-5-15(14)22-11/h2-9,11H,10H2,1H3/t11-/m0/s1. The maximum absolute atomic E-state index is 12.7. The molecule has 0 saturated heterocycles. The second-order valence-electron chi connectivity index (χ2n) is 5.11. The van der Waals surface area contributed by atoms with Crippen LogP contribution in [0.2, 0.25) is 5.02 Å². The molecule has 1 aliphatic heterocycles. The van der Waals surface area contributed by atoms with Gasteiger partial charge in [0.05, 0.1) is 12.1 Å². The molecule has 1 aliphatic rings. The van der Waals surface area contributed by atoms with Gasteiger partial charge in [-0.25, -0.2) is 0 Å². The number of imide groups is 1. The summed E-state index contributed by atoms with van der Waals surface area (Å²) in [6.07, 6.45) is -0.708. The zero-order valence-corrected chi connectivity index (χ0v) is 12.7. The van der Waals surface area contributed by atoms with Crippen LogP contribution in [0.15, 0.2) is 48.5 Å². The zero-order valence-electron chi connectivity index (χ0n) is 12.0. The zero-order chi connectivity index (χ0) is 15.7. The fourth-order valence-corrected chi connectivity index (χ4v) is 2.50. The summed E-state index contributed by atoms with van der Waals surface area (Å²) in [4.78, 5) is 26.3. The van der Waals surface area contributed by atoms with Crippen molar-refractivity contribution in [3.8, 4) is 5.75 Å². The SMILES string of the molecule is C[C@@H]1Oc2ccccc2C(=O)N(Cc2ccc(Cl)cc2)C1=O. The predicted molar refractivity (Wildman–Crippen MR) is 82.9 cm³/mol. The van der Waals surface area contributed by atoms with E-state index in [9.17, 15) is 9.59 Å². The van der Waals surface area contributed by atoms with Gasteiger partial charge < -0.3 is 4.74 Å². The van der Waals surface area contributed by atoms with Gasteiger partial charge >= 0.3 is 0 Å². The van der Waals surface area contributed by atoms with Crippen molar-refractivity contribution in [2.24, 2.45) is 0 Å². The monoisotopic (exact) mass is 315 g/mol. The van der Waals surface area contributed by atoms with E-state index in [1.807, 2.05) is 0 Å². The largest absolute Gasteiger partial charge is 0.480 e. The topological polar surface area (TPSA) is 46.6 Å². The quantitative estimate of drug-likeness (QED) is 0.799. The molecule has 0 saturated carbocycles. The van der Waals surface area contributed by atoms with Crippen LogP contribution in [0.1, 0.15) is 22.8 Å². The second kappa shape index (κ2) is 5.81. The molecule has 2 aromatic rings. The fourth-order valence-electron chi connectivity index (χ4n) is 2.37. The van der Waals surface area contributed by atoms with Crippen LogP contribution in [0.5, 0.6) is 5.75 Å². The summed E-state index contributed by atoms with van der Waals surface area (Å²) in [5.41, 5.74) is 1.23. The Balaban J connectivity index is 1.96. The molecule has 1 atom stereocenters. The lowest BCUT2D eigenvalue weighted by atomic mass is 10.1. The lowest BCUT2D eigenvalue weighted by Crippen LogP contribution is -2.41. The smallest absolute Gasteiger partial charge is 0.270 e. The van der Waals surface area contributed by atoms with Crippen molar-refractivity contribution in [1.82, 2.24) is 4.90 Å². The Morgan fingerprint density at radius 1 is 1.09 bits per heavy atom. The van der Waals surface area contributed by atoms with Crippen LogP contribution in [0.25, 0.3) is 0 Å². The molecule has 5 heteroatoms. The Hall–Kier alpha value is -2.33. The molecular formula is C17H14ClNO3. The van der Waals surface area contributed by atoms with Gasteiger partial charge in [0.25, 0.3) is 11.8 Å². The molecule has 0 aliphatic carbocycles. The summed E-state index contributed by atoms with van der Waals surface area (Å²) in [5.74, 6) is -0.261. The minimum Gasteiger partial charge on any atom is -0.480 e. The van der Waals surface area contributed by atoms with Gasteiger partial charge in [0, 0.05) is 5.02 Å². The van der Waals surface area contributed by atoms with Crippen LogP contribution in [-0.2, 0) is 11.3 Å². The third-order valence-electron chi connectivity index (χ3n) is 3.53. The average molecular weight is 316 g/mol. The van der Waals surface area contributed by atoms with Gasteiger partial charge in [-0.1, -0.05) is 35.9 Å². The van der Waals surface area contributed by atoms with Crippen LogP contribution < -0.4 is 4.74 Å². The molecule has 0 fully saturated rings. The number of halogens is 1. The van der Waals surface area contributed by atoms with Crippen molar-refractivity contribution < 1.29 is 14.3 Å². The van der Waals surface area contributed by atoms with Gasteiger partial charge in [-0.2, -0.15) is 0 Å². The van der Waals surface area contributed by atoms with E-state index in [1.54, 1.807) is 55.5 Å². The van der Waals surface area contributed by atoms with Gasteiger partial charge in [-0.3, -0.25) is 14.5 Å². The van der Waals surface area contributed by atoms with Crippen LogP contribution in [-0.4, -0.2) is 22.8 Å². The lowest BCUT2D eigenvalue weighted by molar-refractivity contribution is -0.135. The van der Waals surface area contributed by atoms with Gasteiger partial charge in [-0.15, -0.1) is 0 Å². The molecule has 2 amide bonds. The second-order valence-corrected chi connectivity index (χ2v) is 5.55. The number of rotatable bonds is 2. The molecule has 1 heterocycles. The molecular weight excluding hydrogens is 302 g/mol. The van der Waals surface area contributed by atoms with E-state index < -0.39 is 6.10 Å². The van der Waals surface area contributed by atoms with Crippen molar-refractivity contribution >= 4 is 23.4 Å². The van der Waals surface area contributed by atoms with E-state index in [1.165, 1.54) is 4.90 Å². The molecule has 0 radical (unpaired) electrons. The maximum atomic E-state index is 12.7. The highest BCUT2D eigenvalue weighted by molar-refractivity contribution is 6.30. The summed E-state index contributed by atoms with van der Waals surface area (Å²) in [6.45, 7) is 1.84. The third kappa shape index (κ3) is 2.70. The Kier molecular flexibility index (Phi) is 3.86. The highest BCUT2D eigenvalue weighted by Crippen LogP contribution is 2.26. The molecule has 112 valence electrons. The molecule has 0 N–H and O–H groups in total. The molecule has 0 spiro atoms. The minimum absolute atomic E-state index is 0.191. The summed E-state index contributed by atoms with van der Waals surface area (Å²) >= 11 is 5.86. The number of hydrogen-bond acceptors (Lipinski definition) is 3. The number of hydrogen-bond donors (Lipinski definition) is 0. The van der Waals surface area contributed by atoms with Gasteiger partial charge in [0.2, 0.25) is 0 Å². The summed E-state index contributed by atoms with van der Waals surface area (Å²) in [6, 6.07) is 13.9. The van der Waals surface area contributed by atoms with Crippen molar-refractivity contribution in [3.63, 3.8) is 0 Å². The van der Waals surface area contributed by atoms with Crippen molar-refractivity contribution in [2.45, 2.75) is 19.6 Å². The number of fused-ring (bicyclic) bond motifs is 1. The van der Waals surface area contributed by atoms with Crippen LogP contribution >= 0.6 is 11.6 Å². The summed E-state index contributed by atoms with van der Waals surface area (Å²) in [7, 11) is 0. The minimum atomic E-state index is -0.708. The first kappa shape index (κ1) is 14.6. The van der Waals surface area contributed by atoms with Crippen LogP contribution in [0.4, 0.5) is 0 Å². The van der Waals surface area contributed by atoms with Gasteiger partial charge in [0.15, 0.2) is 6.10 Å². The van der Waals surface area contributed by atoms with E-state index in [2.05, 4.69) is 0 Å². The Morgan fingerprint density at radius 3 is 2.50 bits per heavy atom. The van der Waals surface area contributed by atoms with Gasteiger partial charge in [0.1, 0.15) is 5.75 Å². The lowest BCUT2D eigenvalue weighted by Gasteiger charge is -2.20.